The van der Waals surface area contributed by atoms with E-state index in [2.05, 4.69) is 21.2 Å². The largest absolute Gasteiger partial charge is 0.397 e. The summed E-state index contributed by atoms with van der Waals surface area (Å²) in [5.41, 5.74) is 6.83. The maximum absolute atomic E-state index is 13.1. The van der Waals surface area contributed by atoms with Gasteiger partial charge in [0.15, 0.2) is 0 Å². The maximum Gasteiger partial charge on any atom is 0.139 e. The number of hydrogen-bond acceptors (Lipinski definition) is 3. The molecule has 16 heavy (non-hydrogen) atoms. The van der Waals surface area contributed by atoms with Crippen LogP contribution in [0.4, 0.5) is 15.8 Å². The van der Waals surface area contributed by atoms with Gasteiger partial charge in [-0.15, -0.1) is 0 Å². The molecule has 1 aromatic carbocycles. The van der Waals surface area contributed by atoms with E-state index in [1.807, 2.05) is 6.92 Å². The first kappa shape index (κ1) is 13.3. The molecule has 0 unspecified atom stereocenters. The van der Waals surface area contributed by atoms with Crippen molar-refractivity contribution in [3.05, 3.63) is 22.4 Å². The molecule has 0 atom stereocenters. The Balaban J connectivity index is 2.45. The van der Waals surface area contributed by atoms with Crippen molar-refractivity contribution in [1.82, 2.24) is 0 Å². The second-order valence-electron chi connectivity index (χ2n) is 3.33. The Hall–Kier alpha value is -0.810. The first-order valence-electron chi connectivity index (χ1n) is 5.21. The average Bonchev–Trinajstić information content (AvgIpc) is 2.25. The van der Waals surface area contributed by atoms with Crippen molar-refractivity contribution in [1.29, 1.82) is 0 Å². The molecule has 1 rings (SSSR count). The topological polar surface area (TPSA) is 47.3 Å². The molecule has 0 aliphatic heterocycles. The van der Waals surface area contributed by atoms with Gasteiger partial charge in [0.1, 0.15) is 5.82 Å². The standard InChI is InChI=1S/C11H16BrFN2O/c1-2-16-5-3-4-15-11-6-8(12)9(13)7-10(11)14/h6-7,15H,2-5,14H2,1H3. The lowest BCUT2D eigenvalue weighted by Crippen LogP contribution is -2.07. The fourth-order valence-electron chi connectivity index (χ4n) is 1.26. The Bertz CT molecular complexity index is 347. The number of halogens is 2. The molecule has 0 bridgehead atoms. The average molecular weight is 291 g/mol. The van der Waals surface area contributed by atoms with Gasteiger partial charge >= 0.3 is 0 Å². The predicted octanol–water partition coefficient (Wildman–Crippen LogP) is 3.01. The number of nitrogen functional groups attached to an aromatic ring is 1. The zero-order valence-electron chi connectivity index (χ0n) is 9.22. The minimum absolute atomic E-state index is 0.350. The van der Waals surface area contributed by atoms with E-state index in [-0.39, 0.29) is 5.82 Å². The highest BCUT2D eigenvalue weighted by Gasteiger charge is 2.04. The van der Waals surface area contributed by atoms with Gasteiger partial charge in [0.2, 0.25) is 0 Å². The van der Waals surface area contributed by atoms with Crippen LogP contribution in [0.3, 0.4) is 0 Å². The van der Waals surface area contributed by atoms with E-state index in [4.69, 9.17) is 10.5 Å². The molecule has 0 saturated heterocycles. The van der Waals surface area contributed by atoms with E-state index in [1.54, 1.807) is 6.07 Å². The summed E-state index contributed by atoms with van der Waals surface area (Å²) in [6, 6.07) is 2.94. The van der Waals surface area contributed by atoms with Gasteiger partial charge in [-0.1, -0.05) is 0 Å². The second kappa shape index (κ2) is 6.70. The van der Waals surface area contributed by atoms with Crippen LogP contribution in [-0.2, 0) is 4.74 Å². The summed E-state index contributed by atoms with van der Waals surface area (Å²) >= 11 is 3.12. The van der Waals surface area contributed by atoms with Crippen molar-refractivity contribution in [3.8, 4) is 0 Å². The van der Waals surface area contributed by atoms with Crippen LogP contribution in [0.5, 0.6) is 0 Å². The fourth-order valence-corrected chi connectivity index (χ4v) is 1.60. The second-order valence-corrected chi connectivity index (χ2v) is 4.19. The monoisotopic (exact) mass is 290 g/mol. The van der Waals surface area contributed by atoms with Crippen molar-refractivity contribution in [2.24, 2.45) is 0 Å². The lowest BCUT2D eigenvalue weighted by Gasteiger charge is -2.10. The van der Waals surface area contributed by atoms with E-state index in [0.717, 1.165) is 25.3 Å². The summed E-state index contributed by atoms with van der Waals surface area (Å²) in [7, 11) is 0. The molecule has 0 aliphatic carbocycles. The van der Waals surface area contributed by atoms with Gasteiger partial charge in [-0.25, -0.2) is 4.39 Å². The third-order valence-electron chi connectivity index (χ3n) is 2.08. The number of benzene rings is 1. The normalized spacial score (nSPS) is 10.4. The van der Waals surface area contributed by atoms with Crippen LogP contribution < -0.4 is 11.1 Å². The number of nitrogens with two attached hydrogens (primary N) is 1. The summed E-state index contributed by atoms with van der Waals surface area (Å²) in [4.78, 5) is 0. The predicted molar refractivity (Wildman–Crippen MR) is 68.1 cm³/mol. The van der Waals surface area contributed by atoms with Crippen LogP contribution in [0.15, 0.2) is 16.6 Å². The molecule has 0 heterocycles. The number of hydrogen-bond donors (Lipinski definition) is 2. The molecule has 0 saturated carbocycles. The Morgan fingerprint density at radius 2 is 2.25 bits per heavy atom. The van der Waals surface area contributed by atoms with Crippen molar-refractivity contribution in [2.75, 3.05) is 30.8 Å². The fraction of sp³-hybridized carbons (Fsp3) is 0.455. The third kappa shape index (κ3) is 3.98. The van der Waals surface area contributed by atoms with Gasteiger partial charge in [0, 0.05) is 25.8 Å². The van der Waals surface area contributed by atoms with Crippen LogP contribution in [0, 0.1) is 5.82 Å². The SMILES string of the molecule is CCOCCCNc1cc(Br)c(F)cc1N. The quantitative estimate of drug-likeness (QED) is 0.625. The first-order chi connectivity index (χ1) is 7.65. The van der Waals surface area contributed by atoms with Gasteiger partial charge in [0.25, 0.3) is 0 Å². The summed E-state index contributed by atoms with van der Waals surface area (Å²) < 4.78 is 18.7. The molecule has 0 spiro atoms. The number of nitrogens with one attached hydrogen (secondary N) is 1. The van der Waals surface area contributed by atoms with Crippen LogP contribution in [0.2, 0.25) is 0 Å². The number of rotatable bonds is 6. The van der Waals surface area contributed by atoms with Gasteiger partial charge in [-0.05, 0) is 35.3 Å². The molecule has 3 N–H and O–H groups in total. The van der Waals surface area contributed by atoms with E-state index in [9.17, 15) is 4.39 Å². The lowest BCUT2D eigenvalue weighted by atomic mass is 10.2. The van der Waals surface area contributed by atoms with Gasteiger partial charge in [-0.3, -0.25) is 0 Å². The first-order valence-corrected chi connectivity index (χ1v) is 6.00. The summed E-state index contributed by atoms with van der Waals surface area (Å²) in [6.07, 6.45) is 0.891. The summed E-state index contributed by atoms with van der Waals surface area (Å²) in [5.74, 6) is -0.350. The molecular formula is C11H16BrFN2O. The zero-order chi connectivity index (χ0) is 12.0. The van der Waals surface area contributed by atoms with E-state index < -0.39 is 0 Å². The van der Waals surface area contributed by atoms with E-state index >= 15 is 0 Å². The molecule has 1 aromatic rings. The van der Waals surface area contributed by atoms with Crippen LogP contribution >= 0.6 is 15.9 Å². The van der Waals surface area contributed by atoms with Gasteiger partial charge in [-0.2, -0.15) is 0 Å². The van der Waals surface area contributed by atoms with Crippen molar-refractivity contribution in [3.63, 3.8) is 0 Å². The molecule has 0 radical (unpaired) electrons. The number of anilines is 2. The van der Waals surface area contributed by atoms with Crippen LogP contribution in [-0.4, -0.2) is 19.8 Å². The van der Waals surface area contributed by atoms with Crippen molar-refractivity contribution >= 4 is 27.3 Å². The maximum atomic E-state index is 13.1. The van der Waals surface area contributed by atoms with Crippen LogP contribution in [0.25, 0.3) is 0 Å². The van der Waals surface area contributed by atoms with Crippen molar-refractivity contribution < 1.29 is 9.13 Å². The molecule has 90 valence electrons. The summed E-state index contributed by atoms with van der Waals surface area (Å²) in [6.45, 7) is 4.15. The third-order valence-corrected chi connectivity index (χ3v) is 2.69. The summed E-state index contributed by atoms with van der Waals surface area (Å²) in [5, 5.41) is 3.14. The zero-order valence-corrected chi connectivity index (χ0v) is 10.8. The molecule has 0 aromatic heterocycles. The molecule has 3 nitrogen and oxygen atoms in total. The molecule has 0 aliphatic rings. The lowest BCUT2D eigenvalue weighted by molar-refractivity contribution is 0.147. The minimum Gasteiger partial charge on any atom is -0.397 e. The smallest absolute Gasteiger partial charge is 0.139 e. The Labute approximate surface area is 103 Å². The van der Waals surface area contributed by atoms with Crippen LogP contribution in [0.1, 0.15) is 13.3 Å². The molecule has 0 fully saturated rings. The van der Waals surface area contributed by atoms with Crippen molar-refractivity contribution in [2.45, 2.75) is 13.3 Å². The highest BCUT2D eigenvalue weighted by atomic mass is 79.9. The highest BCUT2D eigenvalue weighted by molar-refractivity contribution is 9.10. The Morgan fingerprint density at radius 3 is 2.94 bits per heavy atom. The minimum atomic E-state index is -0.350. The van der Waals surface area contributed by atoms with E-state index in [1.165, 1.54) is 6.07 Å². The van der Waals surface area contributed by atoms with Gasteiger partial charge in [0.05, 0.1) is 15.8 Å². The van der Waals surface area contributed by atoms with Gasteiger partial charge < -0.3 is 15.8 Å². The Morgan fingerprint density at radius 1 is 1.50 bits per heavy atom. The highest BCUT2D eigenvalue weighted by Crippen LogP contribution is 2.26. The Kier molecular flexibility index (Phi) is 5.55. The molecule has 5 heteroatoms. The molecule has 0 amide bonds. The van der Waals surface area contributed by atoms with E-state index in [0.29, 0.717) is 16.8 Å². The number of ether oxygens (including phenoxy) is 1. The molecular weight excluding hydrogens is 275 g/mol.